The third kappa shape index (κ3) is 2.59. The van der Waals surface area contributed by atoms with Crippen LogP contribution in [0.25, 0.3) is 0 Å². The maximum Gasteiger partial charge on any atom is 0.163 e. The van der Waals surface area contributed by atoms with Crippen LogP contribution in [0.3, 0.4) is 0 Å². The van der Waals surface area contributed by atoms with Crippen LogP contribution in [-0.2, 0) is 4.74 Å². The molecule has 0 bridgehead atoms. The number of carbonyl (C=O) groups excluding carboxylic acids is 1. The first-order chi connectivity index (χ1) is 9.58. The quantitative estimate of drug-likeness (QED) is 0.789. The van der Waals surface area contributed by atoms with Crippen molar-refractivity contribution in [3.8, 4) is 5.75 Å². The maximum absolute atomic E-state index is 11.7. The zero-order valence-corrected chi connectivity index (χ0v) is 12.3. The largest absolute Gasteiger partial charge is 0.489 e. The van der Waals surface area contributed by atoms with Crippen LogP contribution >= 0.6 is 0 Å². The first-order valence-electron chi connectivity index (χ1n) is 7.50. The average Bonchev–Trinajstić information content (AvgIpc) is 2.37. The summed E-state index contributed by atoms with van der Waals surface area (Å²) in [5.74, 6) is 0.796. The third-order valence-corrected chi connectivity index (χ3v) is 4.52. The molecule has 0 N–H and O–H groups in total. The predicted octanol–water partition coefficient (Wildman–Crippen LogP) is 3.68. The topological polar surface area (TPSA) is 35.5 Å². The molecule has 1 heterocycles. The highest BCUT2D eigenvalue weighted by Gasteiger charge is 2.43. The maximum atomic E-state index is 11.7. The lowest BCUT2D eigenvalue weighted by molar-refractivity contribution is -0.153. The highest BCUT2D eigenvalue weighted by atomic mass is 16.5. The minimum absolute atomic E-state index is 0.0606. The minimum atomic E-state index is 0.0606. The van der Waals surface area contributed by atoms with Gasteiger partial charge in [0.05, 0.1) is 17.8 Å². The summed E-state index contributed by atoms with van der Waals surface area (Å²) in [5.41, 5.74) is 1.88. The Labute approximate surface area is 120 Å². The van der Waals surface area contributed by atoms with Gasteiger partial charge in [0.25, 0.3) is 0 Å². The van der Waals surface area contributed by atoms with Gasteiger partial charge < -0.3 is 9.47 Å². The number of carbonyl (C=O) groups is 1. The fourth-order valence-electron chi connectivity index (χ4n) is 3.20. The fraction of sp³-hybridized carbons (Fsp3) is 0.588. The summed E-state index contributed by atoms with van der Waals surface area (Å²) in [6, 6.07) is 5.80. The number of ether oxygens (including phenoxy) is 2. The number of ketones is 1. The van der Waals surface area contributed by atoms with Gasteiger partial charge in [-0.2, -0.15) is 0 Å². The van der Waals surface area contributed by atoms with Gasteiger partial charge in [0.15, 0.2) is 5.78 Å². The molecule has 1 unspecified atom stereocenters. The number of benzene rings is 1. The second-order valence-electron chi connectivity index (χ2n) is 6.17. The van der Waals surface area contributed by atoms with Crippen LogP contribution in [0.4, 0.5) is 0 Å². The molecule has 0 amide bonds. The summed E-state index contributed by atoms with van der Waals surface area (Å²) in [4.78, 5) is 11.7. The smallest absolute Gasteiger partial charge is 0.163 e. The first kappa shape index (κ1) is 13.6. The fourth-order valence-corrected chi connectivity index (χ4v) is 3.20. The lowest BCUT2D eigenvalue weighted by Gasteiger charge is -2.47. The number of Topliss-reactive ketones (excluding diaryl/α,β-unsaturated/α-hetero) is 1. The van der Waals surface area contributed by atoms with E-state index >= 15 is 0 Å². The van der Waals surface area contributed by atoms with Gasteiger partial charge in [0, 0.05) is 12.8 Å². The summed E-state index contributed by atoms with van der Waals surface area (Å²) in [6.07, 6.45) is 5.60. The molecule has 3 heteroatoms. The zero-order chi connectivity index (χ0) is 14.2. The van der Waals surface area contributed by atoms with E-state index in [9.17, 15) is 4.79 Å². The minimum Gasteiger partial charge on any atom is -0.489 e. The Morgan fingerprint density at radius 2 is 2.20 bits per heavy atom. The monoisotopic (exact) mass is 274 g/mol. The molecule has 2 fully saturated rings. The van der Waals surface area contributed by atoms with Gasteiger partial charge in [0.2, 0.25) is 0 Å². The Morgan fingerprint density at radius 3 is 2.85 bits per heavy atom. The SMILES string of the molecule is CC(=O)c1ccc(C)cc1OC1CCOC2(CCC2)C1. The van der Waals surface area contributed by atoms with Crippen molar-refractivity contribution < 1.29 is 14.3 Å². The number of hydrogen-bond donors (Lipinski definition) is 0. The molecule has 108 valence electrons. The van der Waals surface area contributed by atoms with Crippen LogP contribution in [0.5, 0.6) is 5.75 Å². The Kier molecular flexibility index (Phi) is 3.55. The van der Waals surface area contributed by atoms with E-state index < -0.39 is 0 Å². The van der Waals surface area contributed by atoms with Crippen molar-refractivity contribution in [2.75, 3.05) is 6.61 Å². The number of hydrogen-bond acceptors (Lipinski definition) is 3. The molecule has 3 nitrogen and oxygen atoms in total. The highest BCUT2D eigenvalue weighted by Crippen LogP contribution is 2.43. The molecule has 1 saturated carbocycles. The summed E-state index contributed by atoms with van der Waals surface area (Å²) in [5, 5.41) is 0. The number of aryl methyl sites for hydroxylation is 1. The van der Waals surface area contributed by atoms with Crippen molar-refractivity contribution in [2.24, 2.45) is 0 Å². The van der Waals surface area contributed by atoms with Gasteiger partial charge in [0.1, 0.15) is 11.9 Å². The van der Waals surface area contributed by atoms with E-state index in [2.05, 4.69) is 0 Å². The third-order valence-electron chi connectivity index (χ3n) is 4.52. The van der Waals surface area contributed by atoms with Crippen LogP contribution < -0.4 is 4.74 Å². The van der Waals surface area contributed by atoms with Crippen LogP contribution in [-0.4, -0.2) is 24.1 Å². The van der Waals surface area contributed by atoms with E-state index in [1.165, 1.54) is 6.42 Å². The molecule has 0 radical (unpaired) electrons. The molecule has 20 heavy (non-hydrogen) atoms. The molecule has 1 aromatic rings. The van der Waals surface area contributed by atoms with E-state index in [0.29, 0.717) is 5.56 Å². The van der Waals surface area contributed by atoms with Gasteiger partial charge in [-0.1, -0.05) is 6.07 Å². The zero-order valence-electron chi connectivity index (χ0n) is 12.3. The molecule has 1 aliphatic heterocycles. The van der Waals surface area contributed by atoms with E-state index in [-0.39, 0.29) is 17.5 Å². The van der Waals surface area contributed by atoms with Crippen LogP contribution in [0.15, 0.2) is 18.2 Å². The standard InChI is InChI=1S/C17H22O3/c1-12-4-5-15(13(2)18)16(10-12)20-14-6-9-19-17(11-14)7-3-8-17/h4-5,10,14H,3,6-9,11H2,1-2H3. The molecule has 1 saturated heterocycles. The first-order valence-corrected chi connectivity index (χ1v) is 7.50. The molecule has 1 aromatic carbocycles. The lowest BCUT2D eigenvalue weighted by atomic mass is 9.74. The van der Waals surface area contributed by atoms with Gasteiger partial charge >= 0.3 is 0 Å². The molecule has 1 atom stereocenters. The van der Waals surface area contributed by atoms with Crippen LogP contribution in [0, 0.1) is 6.92 Å². The van der Waals surface area contributed by atoms with Crippen LogP contribution in [0.2, 0.25) is 0 Å². The molecular weight excluding hydrogens is 252 g/mol. The highest BCUT2D eigenvalue weighted by molar-refractivity contribution is 5.96. The Hall–Kier alpha value is -1.35. The summed E-state index contributed by atoms with van der Waals surface area (Å²) < 4.78 is 12.1. The Bertz CT molecular complexity index is 517. The molecule has 1 spiro atoms. The summed E-state index contributed by atoms with van der Waals surface area (Å²) in [6.45, 7) is 4.38. The molecule has 2 aliphatic rings. The molecule has 3 rings (SSSR count). The Morgan fingerprint density at radius 1 is 1.40 bits per heavy atom. The van der Waals surface area contributed by atoms with Crippen molar-refractivity contribution in [1.29, 1.82) is 0 Å². The van der Waals surface area contributed by atoms with Crippen molar-refractivity contribution in [3.63, 3.8) is 0 Å². The van der Waals surface area contributed by atoms with Crippen molar-refractivity contribution in [2.45, 2.75) is 57.7 Å². The normalized spacial score (nSPS) is 24.2. The van der Waals surface area contributed by atoms with E-state index in [4.69, 9.17) is 9.47 Å². The van der Waals surface area contributed by atoms with E-state index in [1.54, 1.807) is 6.92 Å². The van der Waals surface area contributed by atoms with E-state index in [1.807, 2.05) is 25.1 Å². The average molecular weight is 274 g/mol. The Balaban J connectivity index is 1.76. The van der Waals surface area contributed by atoms with Crippen LogP contribution in [0.1, 0.15) is 54.9 Å². The van der Waals surface area contributed by atoms with Gasteiger partial charge in [-0.15, -0.1) is 0 Å². The summed E-state index contributed by atoms with van der Waals surface area (Å²) >= 11 is 0. The molecular formula is C17H22O3. The molecule has 0 aromatic heterocycles. The van der Waals surface area contributed by atoms with Gasteiger partial charge in [-0.05, 0) is 50.8 Å². The van der Waals surface area contributed by atoms with Crippen molar-refractivity contribution in [1.82, 2.24) is 0 Å². The van der Waals surface area contributed by atoms with Gasteiger partial charge in [-0.25, -0.2) is 0 Å². The predicted molar refractivity (Wildman–Crippen MR) is 77.4 cm³/mol. The second-order valence-corrected chi connectivity index (χ2v) is 6.17. The van der Waals surface area contributed by atoms with Crippen molar-refractivity contribution in [3.05, 3.63) is 29.3 Å². The summed E-state index contributed by atoms with van der Waals surface area (Å²) in [7, 11) is 0. The van der Waals surface area contributed by atoms with Gasteiger partial charge in [-0.3, -0.25) is 4.79 Å². The van der Waals surface area contributed by atoms with E-state index in [0.717, 1.165) is 43.6 Å². The second kappa shape index (κ2) is 5.21. The van der Waals surface area contributed by atoms with Crippen molar-refractivity contribution >= 4 is 5.78 Å². The molecule has 1 aliphatic carbocycles. The number of rotatable bonds is 3. The lowest BCUT2D eigenvalue weighted by Crippen LogP contribution is -2.48.